The maximum Gasteiger partial charge on any atom is 0.469 e. The van der Waals surface area contributed by atoms with Crippen LogP contribution in [-0.2, 0) is 13.9 Å². The van der Waals surface area contributed by atoms with Crippen LogP contribution >= 0.6 is 7.82 Å². The minimum Gasteiger partial charge on any atom is -0.321 e. The lowest BCUT2D eigenvalue weighted by Crippen LogP contribution is -2.31. The molecule has 1 atom stereocenters. The fraction of sp³-hybridized carbons (Fsp3) is 0.857. The number of nitrogens with two attached hydrogens (primary N) is 1. The number of Topliss-reactive ketones (excluding diaryl/α,β-unsaturated/α-hetero) is 1. The minimum absolute atomic E-state index is 0.0630. The molecule has 0 aromatic rings. The number of hydrogen-bond acceptors (Lipinski definition) is 4. The van der Waals surface area contributed by atoms with Crippen LogP contribution < -0.4 is 5.73 Å². The van der Waals surface area contributed by atoms with Crippen LogP contribution in [0.15, 0.2) is 12.2 Å². The van der Waals surface area contributed by atoms with Gasteiger partial charge in [0.25, 0.3) is 0 Å². The highest BCUT2D eigenvalue weighted by atomic mass is 31.2. The van der Waals surface area contributed by atoms with Crippen molar-refractivity contribution in [3.63, 3.8) is 0 Å². The maximum atomic E-state index is 11.8. The third-order valence-electron chi connectivity index (χ3n) is 4.79. The van der Waals surface area contributed by atoms with Gasteiger partial charge in [0, 0.05) is 6.42 Å². The largest absolute Gasteiger partial charge is 0.469 e. The normalized spacial score (nSPS) is 13.3. The van der Waals surface area contributed by atoms with E-state index in [2.05, 4.69) is 23.6 Å². The van der Waals surface area contributed by atoms with E-state index < -0.39 is 13.9 Å². The predicted molar refractivity (Wildman–Crippen MR) is 115 cm³/mol. The molecule has 0 aliphatic carbocycles. The van der Waals surface area contributed by atoms with E-state index in [1.807, 2.05) is 0 Å². The van der Waals surface area contributed by atoms with Gasteiger partial charge in [0.1, 0.15) is 5.78 Å². The van der Waals surface area contributed by atoms with Crippen LogP contribution in [0, 0.1) is 0 Å². The number of phosphoric acid groups is 1. The number of rotatable bonds is 20. The van der Waals surface area contributed by atoms with Gasteiger partial charge >= 0.3 is 7.82 Å². The number of carbonyl (C=O) groups is 1. The highest BCUT2D eigenvalue weighted by Gasteiger charge is 2.17. The summed E-state index contributed by atoms with van der Waals surface area (Å²) in [4.78, 5) is 29.0. The molecule has 0 aliphatic rings. The van der Waals surface area contributed by atoms with Crippen molar-refractivity contribution in [1.82, 2.24) is 0 Å². The molecule has 7 heteroatoms. The minimum atomic E-state index is -4.48. The van der Waals surface area contributed by atoms with E-state index in [0.717, 1.165) is 25.7 Å². The van der Waals surface area contributed by atoms with Crippen molar-refractivity contribution in [2.24, 2.45) is 5.73 Å². The number of phosphoric ester groups is 1. The summed E-state index contributed by atoms with van der Waals surface area (Å²) >= 11 is 0. The Morgan fingerprint density at radius 2 is 1.43 bits per heavy atom. The van der Waals surface area contributed by atoms with Crippen LogP contribution in [-0.4, -0.2) is 28.2 Å². The Morgan fingerprint density at radius 1 is 0.929 bits per heavy atom. The molecular formula is C21H42NO5P. The lowest BCUT2D eigenvalue weighted by Gasteiger charge is -2.11. The van der Waals surface area contributed by atoms with Gasteiger partial charge < -0.3 is 15.5 Å². The molecule has 0 spiro atoms. The molecule has 1 unspecified atom stereocenters. The predicted octanol–water partition coefficient (Wildman–Crippen LogP) is 5.42. The lowest BCUT2D eigenvalue weighted by atomic mass is 10.0. The standard InChI is InChI=1S/C21H42NO5P/c1-2-3-4-5-6-7-8-9-10-11-12-13-14-15-16-17-21(23)20(22)18-19-27-28(24,25)26/h9-10,20H,2-8,11-19,22H2,1H3,(H2,24,25,26)/b10-9-. The van der Waals surface area contributed by atoms with E-state index in [-0.39, 0.29) is 18.8 Å². The van der Waals surface area contributed by atoms with Crippen LogP contribution in [0.3, 0.4) is 0 Å². The van der Waals surface area contributed by atoms with Gasteiger partial charge in [0.05, 0.1) is 12.6 Å². The van der Waals surface area contributed by atoms with Crippen LogP contribution in [0.4, 0.5) is 0 Å². The SMILES string of the molecule is CCCCCCCC/C=C\CCCCCCCC(=O)C(N)CCOP(=O)(O)O. The van der Waals surface area contributed by atoms with Gasteiger partial charge in [-0.2, -0.15) is 0 Å². The van der Waals surface area contributed by atoms with Gasteiger partial charge in [-0.15, -0.1) is 0 Å². The quantitative estimate of drug-likeness (QED) is 0.138. The Kier molecular flexibility index (Phi) is 18.2. The molecule has 166 valence electrons. The molecule has 0 rings (SSSR count). The molecule has 0 radical (unpaired) electrons. The molecule has 0 aromatic carbocycles. The van der Waals surface area contributed by atoms with E-state index in [4.69, 9.17) is 15.5 Å². The molecule has 4 N–H and O–H groups in total. The Hall–Kier alpha value is -0.520. The number of unbranched alkanes of at least 4 members (excludes halogenated alkanes) is 11. The Labute approximate surface area is 171 Å². The average molecular weight is 420 g/mol. The number of allylic oxidation sites excluding steroid dienone is 2. The van der Waals surface area contributed by atoms with Gasteiger partial charge in [-0.1, -0.05) is 70.4 Å². The van der Waals surface area contributed by atoms with E-state index in [1.54, 1.807) is 0 Å². The first-order valence-electron chi connectivity index (χ1n) is 11.0. The molecule has 0 fully saturated rings. The van der Waals surface area contributed by atoms with Crippen molar-refractivity contribution < 1.29 is 23.7 Å². The van der Waals surface area contributed by atoms with Gasteiger partial charge in [-0.25, -0.2) is 4.57 Å². The molecule has 6 nitrogen and oxygen atoms in total. The summed E-state index contributed by atoms with van der Waals surface area (Å²) < 4.78 is 14.9. The fourth-order valence-electron chi connectivity index (χ4n) is 3.01. The Balaban J connectivity index is 3.41. The van der Waals surface area contributed by atoms with Crippen LogP contribution in [0.25, 0.3) is 0 Å². The Morgan fingerprint density at radius 3 is 1.96 bits per heavy atom. The summed E-state index contributed by atoms with van der Waals surface area (Å²) in [6, 6.07) is -0.705. The van der Waals surface area contributed by atoms with Crippen molar-refractivity contribution >= 4 is 13.6 Å². The van der Waals surface area contributed by atoms with Gasteiger partial charge in [0.15, 0.2) is 0 Å². The van der Waals surface area contributed by atoms with Crippen molar-refractivity contribution in [3.8, 4) is 0 Å². The van der Waals surface area contributed by atoms with E-state index in [1.165, 1.54) is 57.8 Å². The molecule has 0 saturated heterocycles. The molecule has 28 heavy (non-hydrogen) atoms. The van der Waals surface area contributed by atoms with Crippen molar-refractivity contribution in [2.45, 2.75) is 109 Å². The highest BCUT2D eigenvalue weighted by Crippen LogP contribution is 2.35. The van der Waals surface area contributed by atoms with Crippen LogP contribution in [0.2, 0.25) is 0 Å². The molecule has 0 heterocycles. The second kappa shape index (κ2) is 18.5. The highest BCUT2D eigenvalue weighted by molar-refractivity contribution is 7.46. The van der Waals surface area contributed by atoms with Gasteiger partial charge in [0.2, 0.25) is 0 Å². The monoisotopic (exact) mass is 419 g/mol. The zero-order valence-corrected chi connectivity index (χ0v) is 18.6. The van der Waals surface area contributed by atoms with Crippen molar-refractivity contribution in [3.05, 3.63) is 12.2 Å². The third-order valence-corrected chi connectivity index (χ3v) is 5.31. The molecule has 0 aromatic heterocycles. The molecule has 0 bridgehead atoms. The van der Waals surface area contributed by atoms with Crippen molar-refractivity contribution in [2.75, 3.05) is 6.61 Å². The summed E-state index contributed by atoms with van der Waals surface area (Å²) in [5.74, 6) is -0.0630. The molecule has 0 amide bonds. The smallest absolute Gasteiger partial charge is 0.321 e. The summed E-state index contributed by atoms with van der Waals surface area (Å²) in [6.07, 6.45) is 20.9. The van der Waals surface area contributed by atoms with Crippen molar-refractivity contribution in [1.29, 1.82) is 0 Å². The van der Waals surface area contributed by atoms with E-state index in [0.29, 0.717) is 6.42 Å². The van der Waals surface area contributed by atoms with E-state index in [9.17, 15) is 9.36 Å². The zero-order valence-electron chi connectivity index (χ0n) is 17.7. The summed E-state index contributed by atoms with van der Waals surface area (Å²) in [6.45, 7) is 2.04. The Bertz CT molecular complexity index is 450. The van der Waals surface area contributed by atoms with Crippen LogP contribution in [0.1, 0.15) is 103 Å². The third kappa shape index (κ3) is 20.2. The first-order valence-corrected chi connectivity index (χ1v) is 12.5. The first-order chi connectivity index (χ1) is 13.4. The van der Waals surface area contributed by atoms with Gasteiger partial charge in [-0.3, -0.25) is 9.32 Å². The maximum absolute atomic E-state index is 11.8. The van der Waals surface area contributed by atoms with Gasteiger partial charge in [-0.05, 0) is 38.5 Å². The van der Waals surface area contributed by atoms with E-state index >= 15 is 0 Å². The second-order valence-corrected chi connectivity index (χ2v) is 8.76. The number of carbonyl (C=O) groups excluding carboxylic acids is 1. The zero-order chi connectivity index (χ0) is 21.1. The van der Waals surface area contributed by atoms with Crippen LogP contribution in [0.5, 0.6) is 0 Å². The average Bonchev–Trinajstić information content (AvgIpc) is 2.63. The topological polar surface area (TPSA) is 110 Å². The molecule has 0 aliphatic heterocycles. The molecule has 0 saturated carbocycles. The lowest BCUT2D eigenvalue weighted by molar-refractivity contribution is -0.120. The molecular weight excluding hydrogens is 377 g/mol. The second-order valence-electron chi connectivity index (χ2n) is 7.52. The summed E-state index contributed by atoms with van der Waals surface area (Å²) in [5, 5.41) is 0. The first kappa shape index (κ1) is 27.5. The number of ketones is 1. The number of hydrogen-bond donors (Lipinski definition) is 3. The summed E-state index contributed by atoms with van der Waals surface area (Å²) in [7, 11) is -4.48. The fourth-order valence-corrected chi connectivity index (χ4v) is 3.36. The summed E-state index contributed by atoms with van der Waals surface area (Å²) in [5.41, 5.74) is 5.72.